The van der Waals surface area contributed by atoms with Crippen LogP contribution in [0.1, 0.15) is 11.3 Å². The fourth-order valence-corrected chi connectivity index (χ4v) is 1.77. The van der Waals surface area contributed by atoms with Crippen LogP contribution in [0.2, 0.25) is 0 Å². The van der Waals surface area contributed by atoms with Crippen LogP contribution in [0.4, 0.5) is 45.2 Å². The van der Waals surface area contributed by atoms with Crippen molar-refractivity contribution in [3.05, 3.63) is 23.5 Å². The van der Waals surface area contributed by atoms with Crippen LogP contribution in [0.15, 0.2) is 17.4 Å². The van der Waals surface area contributed by atoms with Crippen LogP contribution >= 0.6 is 0 Å². The molecule has 0 aliphatic heterocycles. The van der Waals surface area contributed by atoms with Crippen LogP contribution in [0, 0.1) is 0 Å². The summed E-state index contributed by atoms with van der Waals surface area (Å²) in [4.78, 5) is 2.72. The van der Waals surface area contributed by atoms with Crippen molar-refractivity contribution >= 4 is 11.5 Å². The normalized spacial score (nSPS) is 13.9. The van der Waals surface area contributed by atoms with Gasteiger partial charge < -0.3 is 15.8 Å². The summed E-state index contributed by atoms with van der Waals surface area (Å²) >= 11 is 0. The van der Waals surface area contributed by atoms with Crippen molar-refractivity contribution in [3.63, 3.8) is 0 Å². The Hall–Kier alpha value is -2.41. The molecular formula is C11H9F9N4O. The van der Waals surface area contributed by atoms with Gasteiger partial charge >= 0.3 is 18.5 Å². The zero-order chi connectivity index (χ0) is 19.6. The molecule has 0 aliphatic rings. The molecule has 0 saturated carbocycles. The summed E-state index contributed by atoms with van der Waals surface area (Å²) in [6.07, 6.45) is -15.1. The Kier molecular flexibility index (Phi) is 5.64. The molecule has 142 valence electrons. The molecule has 0 atom stereocenters. The molecule has 0 aliphatic carbocycles. The van der Waals surface area contributed by atoms with Crippen LogP contribution < -0.4 is 10.6 Å². The van der Waals surface area contributed by atoms with Crippen LogP contribution in [0.3, 0.4) is 0 Å². The van der Waals surface area contributed by atoms with Gasteiger partial charge in [0.05, 0.1) is 17.4 Å². The van der Waals surface area contributed by atoms with Gasteiger partial charge in [0.25, 0.3) is 0 Å². The van der Waals surface area contributed by atoms with Crippen LogP contribution in [-0.4, -0.2) is 41.5 Å². The van der Waals surface area contributed by atoms with Crippen molar-refractivity contribution in [2.45, 2.75) is 18.5 Å². The number of amidine groups is 1. The van der Waals surface area contributed by atoms with Gasteiger partial charge in [-0.25, -0.2) is 0 Å². The van der Waals surface area contributed by atoms with Gasteiger partial charge in [-0.2, -0.15) is 39.5 Å². The molecule has 0 aromatic carbocycles. The summed E-state index contributed by atoms with van der Waals surface area (Å²) in [7, 11) is 0. The molecule has 0 fully saturated rings. The molecule has 14 heteroatoms. The van der Waals surface area contributed by atoms with Gasteiger partial charge in [0.1, 0.15) is 18.8 Å². The molecule has 1 aromatic heterocycles. The van der Waals surface area contributed by atoms with Gasteiger partial charge in [-0.3, -0.25) is 4.98 Å². The third kappa shape index (κ3) is 6.19. The number of aromatic nitrogens is 1. The molecule has 1 heterocycles. The number of pyridine rings is 1. The molecule has 1 rings (SSSR count). The molecule has 0 unspecified atom stereocenters. The average Bonchev–Trinajstić information content (AvgIpc) is 2.41. The molecule has 3 N–H and O–H groups in total. The maximum absolute atomic E-state index is 13.0. The Morgan fingerprint density at radius 1 is 1.04 bits per heavy atom. The van der Waals surface area contributed by atoms with Gasteiger partial charge in [-0.1, -0.05) is 5.16 Å². The zero-order valence-electron chi connectivity index (χ0n) is 11.8. The Balaban J connectivity index is 3.45. The molecule has 25 heavy (non-hydrogen) atoms. The van der Waals surface area contributed by atoms with E-state index in [1.54, 1.807) is 0 Å². The summed E-state index contributed by atoms with van der Waals surface area (Å²) in [6, 6.07) is 0.0118. The van der Waals surface area contributed by atoms with E-state index in [4.69, 9.17) is 10.9 Å². The second-order valence-corrected chi connectivity index (χ2v) is 4.66. The van der Waals surface area contributed by atoms with Crippen molar-refractivity contribution in [2.75, 3.05) is 18.0 Å². The van der Waals surface area contributed by atoms with E-state index in [-0.39, 0.29) is 11.0 Å². The first-order chi connectivity index (χ1) is 11.1. The highest BCUT2D eigenvalue weighted by Crippen LogP contribution is 2.35. The Morgan fingerprint density at radius 3 is 1.88 bits per heavy atom. The van der Waals surface area contributed by atoms with Crippen molar-refractivity contribution < 1.29 is 44.7 Å². The number of oxime groups is 1. The van der Waals surface area contributed by atoms with Gasteiger partial charge in [-0.05, 0) is 6.07 Å². The number of nitrogens with zero attached hydrogens (tertiary/aromatic N) is 3. The minimum absolute atomic E-state index is 0.0118. The fourth-order valence-electron chi connectivity index (χ4n) is 1.77. The monoisotopic (exact) mass is 384 g/mol. The lowest BCUT2D eigenvalue weighted by Crippen LogP contribution is -2.41. The minimum Gasteiger partial charge on any atom is -0.409 e. The minimum atomic E-state index is -5.23. The van der Waals surface area contributed by atoms with E-state index in [0.717, 1.165) is 0 Å². The Morgan fingerprint density at radius 2 is 1.52 bits per heavy atom. The van der Waals surface area contributed by atoms with Gasteiger partial charge in [0, 0.05) is 0 Å². The molecule has 0 amide bonds. The molecule has 0 radical (unpaired) electrons. The van der Waals surface area contributed by atoms with E-state index in [1.165, 1.54) is 0 Å². The molecular weight excluding hydrogens is 375 g/mol. The van der Waals surface area contributed by atoms with E-state index >= 15 is 0 Å². The first-order valence-corrected chi connectivity index (χ1v) is 6.07. The van der Waals surface area contributed by atoms with Crippen molar-refractivity contribution in [1.29, 1.82) is 0 Å². The lowest BCUT2D eigenvalue weighted by atomic mass is 10.1. The van der Waals surface area contributed by atoms with E-state index in [2.05, 4.69) is 10.1 Å². The maximum atomic E-state index is 13.0. The van der Waals surface area contributed by atoms with Crippen LogP contribution in [-0.2, 0) is 6.18 Å². The fraction of sp³-hybridized carbons (Fsp3) is 0.455. The smallest absolute Gasteiger partial charge is 0.409 e. The summed E-state index contributed by atoms with van der Waals surface area (Å²) in [6.45, 7) is -4.32. The van der Waals surface area contributed by atoms with Crippen molar-refractivity contribution in [1.82, 2.24) is 4.98 Å². The van der Waals surface area contributed by atoms with E-state index in [9.17, 15) is 39.5 Å². The zero-order valence-corrected chi connectivity index (χ0v) is 11.8. The molecule has 5 nitrogen and oxygen atoms in total. The first kappa shape index (κ1) is 20.6. The quantitative estimate of drug-likeness (QED) is 0.275. The number of halogens is 9. The summed E-state index contributed by atoms with van der Waals surface area (Å²) in [5, 5.41) is 10.7. The van der Waals surface area contributed by atoms with Crippen molar-refractivity contribution in [2.24, 2.45) is 10.9 Å². The molecule has 0 bridgehead atoms. The third-order valence-electron chi connectivity index (χ3n) is 2.63. The second kappa shape index (κ2) is 6.84. The van der Waals surface area contributed by atoms with Gasteiger partial charge in [0.2, 0.25) is 0 Å². The number of rotatable bonds is 4. The lowest BCUT2D eigenvalue weighted by molar-refractivity contribution is -0.137. The number of anilines is 1. The van der Waals surface area contributed by atoms with E-state index in [0.29, 0.717) is 6.20 Å². The van der Waals surface area contributed by atoms with Crippen LogP contribution in [0.5, 0.6) is 0 Å². The highest BCUT2D eigenvalue weighted by Gasteiger charge is 2.40. The molecule has 0 saturated heterocycles. The highest BCUT2D eigenvalue weighted by atomic mass is 19.4. The SMILES string of the molecule is N/C(=N\O)c1ncc(N(CC(F)(F)F)CC(F)(F)F)cc1C(F)(F)F. The number of nitrogens with two attached hydrogens (primary N) is 1. The van der Waals surface area contributed by atoms with Crippen molar-refractivity contribution in [3.8, 4) is 0 Å². The molecule has 0 spiro atoms. The highest BCUT2D eigenvalue weighted by molar-refractivity contribution is 5.97. The Labute approximate surface area is 133 Å². The second-order valence-electron chi connectivity index (χ2n) is 4.66. The topological polar surface area (TPSA) is 74.7 Å². The summed E-state index contributed by atoms with van der Waals surface area (Å²) in [5.41, 5.74) is 1.00. The van der Waals surface area contributed by atoms with E-state index in [1.807, 2.05) is 0 Å². The van der Waals surface area contributed by atoms with Crippen LogP contribution in [0.25, 0.3) is 0 Å². The van der Waals surface area contributed by atoms with Gasteiger partial charge in [-0.15, -0.1) is 0 Å². The summed E-state index contributed by atoms with van der Waals surface area (Å²) < 4.78 is 114. The molecule has 1 aromatic rings. The van der Waals surface area contributed by atoms with Gasteiger partial charge in [0.15, 0.2) is 5.84 Å². The Bertz CT molecular complexity index is 620. The standard InChI is InChI=1S/C11H9F9N4O/c12-9(13,14)3-24(4-10(15,16)17)5-1-6(11(18,19)20)7(22-2-5)8(21)23-25/h1-2,25H,3-4H2,(H2,21,23). The average molecular weight is 384 g/mol. The third-order valence-corrected chi connectivity index (χ3v) is 2.63. The lowest BCUT2D eigenvalue weighted by Gasteiger charge is -2.27. The maximum Gasteiger partial charge on any atom is 0.418 e. The number of hydrogen-bond acceptors (Lipinski definition) is 4. The predicted molar refractivity (Wildman–Crippen MR) is 66.1 cm³/mol. The number of hydrogen-bond donors (Lipinski definition) is 2. The summed E-state index contributed by atoms with van der Waals surface area (Å²) in [5.74, 6) is -1.11. The number of alkyl halides is 9. The predicted octanol–water partition coefficient (Wildman–Crippen LogP) is 3.13. The first-order valence-electron chi connectivity index (χ1n) is 6.07. The van der Waals surface area contributed by atoms with E-state index < -0.39 is 54.4 Å². The largest absolute Gasteiger partial charge is 0.418 e.